The van der Waals surface area contributed by atoms with E-state index in [9.17, 15) is 4.39 Å². The zero-order valence-corrected chi connectivity index (χ0v) is 12.4. The Bertz CT molecular complexity index is 599. The lowest BCUT2D eigenvalue weighted by Gasteiger charge is -2.13. The van der Waals surface area contributed by atoms with Crippen LogP contribution in [0.3, 0.4) is 0 Å². The van der Waals surface area contributed by atoms with E-state index < -0.39 is 0 Å². The first-order valence-electron chi connectivity index (χ1n) is 7.18. The average Bonchev–Trinajstić information content (AvgIpc) is 2.47. The minimum Gasteiger partial charge on any atom is -0.382 e. The van der Waals surface area contributed by atoms with Crippen LogP contribution >= 0.6 is 0 Å². The van der Waals surface area contributed by atoms with Crippen LogP contribution in [0.5, 0.6) is 0 Å². The largest absolute Gasteiger partial charge is 0.382 e. The van der Waals surface area contributed by atoms with Gasteiger partial charge in [-0.15, -0.1) is 0 Å². The quantitative estimate of drug-likeness (QED) is 0.801. The molecule has 112 valence electrons. The molecule has 0 aliphatic heterocycles. The summed E-state index contributed by atoms with van der Waals surface area (Å²) in [5.74, 6) is 0.694. The number of nitrogens with zero attached hydrogens (tertiary/aromatic N) is 2. The van der Waals surface area contributed by atoms with Gasteiger partial charge in [-0.25, -0.2) is 14.4 Å². The summed E-state index contributed by atoms with van der Waals surface area (Å²) in [6.45, 7) is 5.43. The number of nitrogens with two attached hydrogens (primary N) is 1. The van der Waals surface area contributed by atoms with Gasteiger partial charge in [0, 0.05) is 18.0 Å². The lowest BCUT2D eigenvalue weighted by atomic mass is 10.1. The van der Waals surface area contributed by atoms with Gasteiger partial charge in [0.2, 0.25) is 0 Å². The Morgan fingerprint density at radius 1 is 1.33 bits per heavy atom. The molecule has 0 atom stereocenters. The maximum Gasteiger partial charge on any atom is 0.131 e. The summed E-state index contributed by atoms with van der Waals surface area (Å²) in [5.41, 5.74) is 7.78. The van der Waals surface area contributed by atoms with Crippen molar-refractivity contribution in [1.82, 2.24) is 9.97 Å². The Morgan fingerprint density at radius 2 is 2.14 bits per heavy atom. The topological polar surface area (TPSA) is 63.8 Å². The standard InChI is InChI=1S/C16H21FN4/c1-11(2)16-20-10-14(19-8-4-7-18)15(21-16)12-5-3-6-13(17)9-12/h3,5-6,9-11,19H,4,7-8,18H2,1-2H3. The van der Waals surface area contributed by atoms with Crippen molar-refractivity contribution in [3.05, 3.63) is 42.1 Å². The Morgan fingerprint density at radius 3 is 2.81 bits per heavy atom. The first kappa shape index (κ1) is 15.4. The maximum absolute atomic E-state index is 13.5. The number of benzene rings is 1. The number of hydrogen-bond donors (Lipinski definition) is 2. The van der Waals surface area contributed by atoms with Crippen LogP contribution in [0, 0.1) is 5.82 Å². The lowest BCUT2D eigenvalue weighted by Crippen LogP contribution is -2.11. The molecule has 0 saturated carbocycles. The first-order valence-corrected chi connectivity index (χ1v) is 7.18. The third-order valence-electron chi connectivity index (χ3n) is 3.12. The van der Waals surface area contributed by atoms with E-state index >= 15 is 0 Å². The molecule has 2 rings (SSSR count). The summed E-state index contributed by atoms with van der Waals surface area (Å²) < 4.78 is 13.5. The molecule has 0 unspecified atom stereocenters. The molecule has 0 aliphatic rings. The Hall–Kier alpha value is -2.01. The van der Waals surface area contributed by atoms with E-state index in [1.807, 2.05) is 19.9 Å². The number of aromatic nitrogens is 2. The predicted octanol–water partition coefficient (Wildman–Crippen LogP) is 3.17. The van der Waals surface area contributed by atoms with Gasteiger partial charge >= 0.3 is 0 Å². The van der Waals surface area contributed by atoms with Crippen LogP contribution in [0.2, 0.25) is 0 Å². The van der Waals surface area contributed by atoms with Gasteiger partial charge in [-0.3, -0.25) is 0 Å². The van der Waals surface area contributed by atoms with Gasteiger partial charge in [0.1, 0.15) is 11.6 Å². The molecule has 1 aromatic heterocycles. The summed E-state index contributed by atoms with van der Waals surface area (Å²) in [6, 6.07) is 6.45. The van der Waals surface area contributed by atoms with Crippen molar-refractivity contribution in [2.45, 2.75) is 26.2 Å². The normalized spacial score (nSPS) is 10.9. The van der Waals surface area contributed by atoms with Crippen molar-refractivity contribution < 1.29 is 4.39 Å². The Kier molecular flexibility index (Phi) is 5.22. The highest BCUT2D eigenvalue weighted by atomic mass is 19.1. The minimum absolute atomic E-state index is 0.218. The molecule has 2 aromatic rings. The van der Waals surface area contributed by atoms with Gasteiger partial charge in [0.25, 0.3) is 0 Å². The Balaban J connectivity index is 2.40. The molecule has 1 heterocycles. The van der Waals surface area contributed by atoms with Crippen molar-refractivity contribution in [1.29, 1.82) is 0 Å². The van der Waals surface area contributed by atoms with Gasteiger partial charge in [-0.1, -0.05) is 26.0 Å². The number of rotatable bonds is 6. The summed E-state index contributed by atoms with van der Waals surface area (Å²) in [5, 5.41) is 3.27. The number of anilines is 1. The fraction of sp³-hybridized carbons (Fsp3) is 0.375. The molecule has 4 nitrogen and oxygen atoms in total. The summed E-state index contributed by atoms with van der Waals surface area (Å²) in [6.07, 6.45) is 2.62. The van der Waals surface area contributed by atoms with E-state index in [0.29, 0.717) is 6.54 Å². The van der Waals surface area contributed by atoms with Crippen LogP contribution in [0.25, 0.3) is 11.3 Å². The molecular weight excluding hydrogens is 267 g/mol. The zero-order chi connectivity index (χ0) is 15.2. The minimum atomic E-state index is -0.273. The lowest BCUT2D eigenvalue weighted by molar-refractivity contribution is 0.628. The third-order valence-corrected chi connectivity index (χ3v) is 3.12. The third kappa shape index (κ3) is 3.98. The number of hydrogen-bond acceptors (Lipinski definition) is 4. The number of halogens is 1. The van der Waals surface area contributed by atoms with E-state index in [1.165, 1.54) is 12.1 Å². The van der Waals surface area contributed by atoms with Crippen LogP contribution in [0.15, 0.2) is 30.5 Å². The molecule has 0 amide bonds. The van der Waals surface area contributed by atoms with E-state index in [1.54, 1.807) is 12.3 Å². The van der Waals surface area contributed by atoms with Crippen LogP contribution in [-0.2, 0) is 0 Å². The SMILES string of the molecule is CC(C)c1ncc(NCCCN)c(-c2cccc(F)c2)n1. The van der Waals surface area contributed by atoms with Crippen molar-refractivity contribution in [3.8, 4) is 11.3 Å². The van der Waals surface area contributed by atoms with Gasteiger partial charge in [0.05, 0.1) is 17.6 Å². The summed E-state index contributed by atoms with van der Waals surface area (Å²) in [7, 11) is 0. The highest BCUT2D eigenvalue weighted by molar-refractivity contribution is 5.73. The van der Waals surface area contributed by atoms with Crippen molar-refractivity contribution in [2.75, 3.05) is 18.4 Å². The van der Waals surface area contributed by atoms with Gasteiger partial charge in [-0.05, 0) is 25.1 Å². The first-order chi connectivity index (χ1) is 10.1. The van der Waals surface area contributed by atoms with Crippen LogP contribution in [0.4, 0.5) is 10.1 Å². The molecule has 5 heteroatoms. The summed E-state index contributed by atoms with van der Waals surface area (Å²) in [4.78, 5) is 8.96. The summed E-state index contributed by atoms with van der Waals surface area (Å²) >= 11 is 0. The van der Waals surface area contributed by atoms with Crippen molar-refractivity contribution >= 4 is 5.69 Å². The van der Waals surface area contributed by atoms with Crippen LogP contribution in [-0.4, -0.2) is 23.1 Å². The van der Waals surface area contributed by atoms with Gasteiger partial charge in [0.15, 0.2) is 0 Å². The fourth-order valence-electron chi connectivity index (χ4n) is 1.98. The molecule has 3 N–H and O–H groups in total. The van der Waals surface area contributed by atoms with Gasteiger partial charge < -0.3 is 11.1 Å². The van der Waals surface area contributed by atoms with Crippen molar-refractivity contribution in [3.63, 3.8) is 0 Å². The smallest absolute Gasteiger partial charge is 0.131 e. The second-order valence-electron chi connectivity index (χ2n) is 5.22. The fourth-order valence-corrected chi connectivity index (χ4v) is 1.98. The number of nitrogens with one attached hydrogen (secondary N) is 1. The van der Waals surface area contributed by atoms with E-state index in [2.05, 4.69) is 15.3 Å². The van der Waals surface area contributed by atoms with E-state index in [0.717, 1.165) is 35.7 Å². The maximum atomic E-state index is 13.5. The zero-order valence-electron chi connectivity index (χ0n) is 12.4. The molecule has 0 radical (unpaired) electrons. The van der Waals surface area contributed by atoms with Gasteiger partial charge in [-0.2, -0.15) is 0 Å². The molecule has 0 bridgehead atoms. The predicted molar refractivity (Wildman–Crippen MR) is 83.7 cm³/mol. The molecule has 0 spiro atoms. The molecule has 0 saturated heterocycles. The second-order valence-corrected chi connectivity index (χ2v) is 5.22. The molecular formula is C16H21FN4. The van der Waals surface area contributed by atoms with Crippen LogP contribution < -0.4 is 11.1 Å². The van der Waals surface area contributed by atoms with E-state index in [4.69, 9.17) is 5.73 Å². The Labute approximate surface area is 124 Å². The van der Waals surface area contributed by atoms with Crippen LogP contribution in [0.1, 0.15) is 32.0 Å². The highest BCUT2D eigenvalue weighted by Gasteiger charge is 2.12. The molecule has 21 heavy (non-hydrogen) atoms. The van der Waals surface area contributed by atoms with Crippen molar-refractivity contribution in [2.24, 2.45) is 5.73 Å². The highest BCUT2D eigenvalue weighted by Crippen LogP contribution is 2.27. The molecule has 0 aliphatic carbocycles. The monoisotopic (exact) mass is 288 g/mol. The second kappa shape index (κ2) is 7.13. The van der Waals surface area contributed by atoms with E-state index in [-0.39, 0.29) is 11.7 Å². The average molecular weight is 288 g/mol. The molecule has 0 fully saturated rings. The molecule has 1 aromatic carbocycles.